The van der Waals surface area contributed by atoms with Crippen molar-refractivity contribution < 1.29 is 9.53 Å². The van der Waals surface area contributed by atoms with Crippen LogP contribution in [0.25, 0.3) is 0 Å². The van der Waals surface area contributed by atoms with Gasteiger partial charge in [0, 0.05) is 18.2 Å². The maximum Gasteiger partial charge on any atom is 0.227 e. The number of carbonyl (C=O) groups excluding carboxylic acids is 1. The minimum atomic E-state index is 0.265. The van der Waals surface area contributed by atoms with Crippen LogP contribution in [0.4, 0.5) is 5.69 Å². The Balaban J connectivity index is 1.69. The number of benzene rings is 1. The molecule has 1 saturated heterocycles. The summed E-state index contributed by atoms with van der Waals surface area (Å²) in [4.78, 5) is 14.9. The second-order valence-electron chi connectivity index (χ2n) is 6.94. The fraction of sp³-hybridized carbons (Fsp3) is 0.632. The minimum Gasteiger partial charge on any atom is -0.497 e. The maximum atomic E-state index is 12.9. The van der Waals surface area contributed by atoms with Crippen LogP contribution in [0.2, 0.25) is 0 Å². The molecule has 2 aliphatic rings. The number of amides is 1. The number of hydrogen-bond donors (Lipinski definition) is 1. The molecule has 23 heavy (non-hydrogen) atoms. The largest absolute Gasteiger partial charge is 0.497 e. The molecule has 0 bridgehead atoms. The molecule has 1 heterocycles. The third-order valence-electron chi connectivity index (χ3n) is 5.26. The average Bonchev–Trinajstić information content (AvgIpc) is 3.30. The number of anilines is 1. The Hall–Kier alpha value is -1.55. The van der Waals surface area contributed by atoms with Crippen molar-refractivity contribution in [3.05, 3.63) is 24.3 Å². The molecule has 2 fully saturated rings. The lowest BCUT2D eigenvalue weighted by Crippen LogP contribution is -2.40. The number of nitrogens with one attached hydrogen (secondary N) is 1. The Labute approximate surface area is 139 Å². The quantitative estimate of drug-likeness (QED) is 0.840. The van der Waals surface area contributed by atoms with E-state index in [9.17, 15) is 4.79 Å². The number of hydrogen-bond acceptors (Lipinski definition) is 3. The third kappa shape index (κ3) is 4.05. The summed E-state index contributed by atoms with van der Waals surface area (Å²) in [5.41, 5.74) is 1.000. The van der Waals surface area contributed by atoms with Gasteiger partial charge >= 0.3 is 0 Å². The standard InChI is InChI=1S/C19H28N2O2/c1-14(16-4-5-16)21(17-6-8-18(23-2)9-7-17)19(22)10-3-15-11-12-20-13-15/h6-9,14-16,20H,3-5,10-13H2,1-2H3. The van der Waals surface area contributed by atoms with Crippen LogP contribution in [-0.4, -0.2) is 32.1 Å². The molecule has 1 aromatic rings. The van der Waals surface area contributed by atoms with Gasteiger partial charge in [-0.15, -0.1) is 0 Å². The summed E-state index contributed by atoms with van der Waals surface area (Å²) in [6.07, 6.45) is 5.33. The molecule has 2 atom stereocenters. The Morgan fingerprint density at radius 2 is 2.04 bits per heavy atom. The fourth-order valence-corrected chi connectivity index (χ4v) is 3.55. The lowest BCUT2D eigenvalue weighted by molar-refractivity contribution is -0.119. The predicted octanol–water partition coefficient (Wildman–Crippen LogP) is 3.22. The van der Waals surface area contributed by atoms with Gasteiger partial charge in [0.25, 0.3) is 0 Å². The molecule has 4 nitrogen and oxygen atoms in total. The zero-order valence-electron chi connectivity index (χ0n) is 14.3. The molecule has 1 aromatic carbocycles. The van der Waals surface area contributed by atoms with E-state index < -0.39 is 0 Å². The molecule has 126 valence electrons. The van der Waals surface area contributed by atoms with Crippen molar-refractivity contribution in [3.63, 3.8) is 0 Å². The van der Waals surface area contributed by atoms with Gasteiger partial charge in [0.05, 0.1) is 7.11 Å². The van der Waals surface area contributed by atoms with E-state index in [2.05, 4.69) is 12.2 Å². The summed E-state index contributed by atoms with van der Waals surface area (Å²) in [7, 11) is 1.67. The summed E-state index contributed by atoms with van der Waals surface area (Å²) < 4.78 is 5.23. The van der Waals surface area contributed by atoms with Gasteiger partial charge in [0.2, 0.25) is 5.91 Å². The first-order valence-corrected chi connectivity index (χ1v) is 8.86. The van der Waals surface area contributed by atoms with E-state index in [4.69, 9.17) is 4.74 Å². The van der Waals surface area contributed by atoms with E-state index >= 15 is 0 Å². The van der Waals surface area contributed by atoms with Gasteiger partial charge < -0.3 is 15.0 Å². The highest BCUT2D eigenvalue weighted by Gasteiger charge is 2.35. The molecular formula is C19H28N2O2. The normalized spacial score (nSPS) is 21.9. The van der Waals surface area contributed by atoms with Gasteiger partial charge in [-0.1, -0.05) is 0 Å². The summed E-state index contributed by atoms with van der Waals surface area (Å²) in [5, 5.41) is 3.38. The van der Waals surface area contributed by atoms with E-state index in [1.54, 1.807) is 7.11 Å². The Morgan fingerprint density at radius 1 is 1.30 bits per heavy atom. The van der Waals surface area contributed by atoms with E-state index in [0.29, 0.717) is 18.3 Å². The van der Waals surface area contributed by atoms with Crippen LogP contribution in [0, 0.1) is 11.8 Å². The van der Waals surface area contributed by atoms with Crippen molar-refractivity contribution in [2.45, 2.75) is 45.1 Å². The van der Waals surface area contributed by atoms with Crippen LogP contribution in [0.5, 0.6) is 5.75 Å². The van der Waals surface area contributed by atoms with Crippen LogP contribution >= 0.6 is 0 Å². The lowest BCUT2D eigenvalue weighted by Gasteiger charge is -2.30. The van der Waals surface area contributed by atoms with Gasteiger partial charge in [-0.05, 0) is 81.8 Å². The number of ether oxygens (including phenoxy) is 1. The molecule has 1 amide bonds. The summed E-state index contributed by atoms with van der Waals surface area (Å²) in [6.45, 7) is 4.35. The van der Waals surface area contributed by atoms with Crippen molar-refractivity contribution >= 4 is 11.6 Å². The molecule has 1 saturated carbocycles. The zero-order valence-corrected chi connectivity index (χ0v) is 14.3. The SMILES string of the molecule is COc1ccc(N(C(=O)CCC2CCNC2)C(C)C2CC2)cc1. The molecular weight excluding hydrogens is 288 g/mol. The van der Waals surface area contributed by atoms with E-state index in [1.807, 2.05) is 29.2 Å². The maximum absolute atomic E-state index is 12.9. The number of nitrogens with zero attached hydrogens (tertiary/aromatic N) is 1. The molecule has 3 rings (SSSR count). The molecule has 0 aromatic heterocycles. The molecule has 1 N–H and O–H groups in total. The molecule has 1 aliphatic heterocycles. The van der Waals surface area contributed by atoms with Gasteiger partial charge in [0.1, 0.15) is 5.75 Å². The van der Waals surface area contributed by atoms with Gasteiger partial charge in [-0.3, -0.25) is 4.79 Å². The highest BCUT2D eigenvalue weighted by Crippen LogP contribution is 2.37. The average molecular weight is 316 g/mol. The second kappa shape index (κ2) is 7.35. The minimum absolute atomic E-state index is 0.265. The molecule has 1 aliphatic carbocycles. The van der Waals surface area contributed by atoms with Crippen LogP contribution in [-0.2, 0) is 4.79 Å². The fourth-order valence-electron chi connectivity index (χ4n) is 3.55. The van der Waals surface area contributed by atoms with Crippen LogP contribution in [0.3, 0.4) is 0 Å². The predicted molar refractivity (Wildman–Crippen MR) is 92.9 cm³/mol. The van der Waals surface area contributed by atoms with Crippen molar-refractivity contribution in [3.8, 4) is 5.75 Å². The first-order chi connectivity index (χ1) is 11.2. The summed E-state index contributed by atoms with van der Waals surface area (Å²) >= 11 is 0. The smallest absolute Gasteiger partial charge is 0.227 e. The second-order valence-corrected chi connectivity index (χ2v) is 6.94. The Morgan fingerprint density at radius 3 is 2.61 bits per heavy atom. The molecule has 0 radical (unpaired) electrons. The van der Waals surface area contributed by atoms with E-state index in [1.165, 1.54) is 19.3 Å². The lowest BCUT2D eigenvalue weighted by atomic mass is 10.0. The van der Waals surface area contributed by atoms with Crippen molar-refractivity contribution in [2.24, 2.45) is 11.8 Å². The topological polar surface area (TPSA) is 41.6 Å². The van der Waals surface area contributed by atoms with Gasteiger partial charge in [-0.25, -0.2) is 0 Å². The van der Waals surface area contributed by atoms with Crippen molar-refractivity contribution in [1.82, 2.24) is 5.32 Å². The number of rotatable bonds is 7. The molecule has 0 spiro atoms. The third-order valence-corrected chi connectivity index (χ3v) is 5.26. The zero-order chi connectivity index (χ0) is 16.2. The number of methoxy groups -OCH3 is 1. The first kappa shape index (κ1) is 16.3. The van der Waals surface area contributed by atoms with E-state index in [0.717, 1.165) is 30.9 Å². The van der Waals surface area contributed by atoms with E-state index in [-0.39, 0.29) is 11.9 Å². The molecule has 2 unspecified atom stereocenters. The Kier molecular flexibility index (Phi) is 5.21. The number of carbonyl (C=O) groups is 1. The summed E-state index contributed by atoms with van der Waals surface area (Å²) in [6, 6.07) is 8.18. The van der Waals surface area contributed by atoms with Gasteiger partial charge in [-0.2, -0.15) is 0 Å². The van der Waals surface area contributed by atoms with Crippen LogP contribution in [0.1, 0.15) is 39.0 Å². The van der Waals surface area contributed by atoms with Crippen molar-refractivity contribution in [2.75, 3.05) is 25.1 Å². The van der Waals surface area contributed by atoms with Crippen LogP contribution in [0.15, 0.2) is 24.3 Å². The summed E-state index contributed by atoms with van der Waals surface area (Å²) in [5.74, 6) is 2.42. The monoisotopic (exact) mass is 316 g/mol. The highest BCUT2D eigenvalue weighted by molar-refractivity contribution is 5.94. The highest BCUT2D eigenvalue weighted by atomic mass is 16.5. The van der Waals surface area contributed by atoms with Crippen molar-refractivity contribution in [1.29, 1.82) is 0 Å². The molecule has 4 heteroatoms. The first-order valence-electron chi connectivity index (χ1n) is 8.86. The Bertz CT molecular complexity index is 519. The van der Waals surface area contributed by atoms with Crippen LogP contribution < -0.4 is 15.0 Å². The van der Waals surface area contributed by atoms with Gasteiger partial charge in [0.15, 0.2) is 0 Å².